The van der Waals surface area contributed by atoms with Crippen molar-refractivity contribution in [1.29, 1.82) is 0 Å². The molecule has 6 heteroatoms. The lowest BCUT2D eigenvalue weighted by Crippen LogP contribution is -2.51. The molecule has 0 aliphatic carbocycles. The topological polar surface area (TPSA) is 43.9 Å². The third-order valence-corrected chi connectivity index (χ3v) is 4.78. The van der Waals surface area contributed by atoms with Crippen molar-refractivity contribution in [3.05, 3.63) is 6.92 Å². The quantitative estimate of drug-likeness (QED) is 0.645. The molecule has 1 aliphatic rings. The van der Waals surface area contributed by atoms with Crippen LogP contribution in [0.4, 0.5) is 0 Å². The molecule has 0 amide bonds. The molecule has 1 rings (SSSR count). The van der Waals surface area contributed by atoms with Gasteiger partial charge in [-0.25, -0.2) is 0 Å². The third-order valence-electron chi connectivity index (χ3n) is 2.84. The van der Waals surface area contributed by atoms with E-state index in [2.05, 4.69) is 11.8 Å². The maximum atomic E-state index is 11.8. The van der Waals surface area contributed by atoms with Crippen molar-refractivity contribution in [2.24, 2.45) is 0 Å². The van der Waals surface area contributed by atoms with E-state index in [-0.39, 0.29) is 0 Å². The molecule has 0 saturated carbocycles. The molecular weight excluding hydrogens is 226 g/mol. The summed E-state index contributed by atoms with van der Waals surface area (Å²) < 4.78 is 26.5. The van der Waals surface area contributed by atoms with Gasteiger partial charge in [0.15, 0.2) is 0 Å². The van der Waals surface area contributed by atoms with Crippen LogP contribution in [0.3, 0.4) is 0 Å². The van der Waals surface area contributed by atoms with Crippen LogP contribution in [0, 0.1) is 6.92 Å². The Labute approximate surface area is 99.2 Å². The predicted octanol–water partition coefficient (Wildman–Crippen LogP) is 0.0247. The highest BCUT2D eigenvalue weighted by molar-refractivity contribution is 7.86. The van der Waals surface area contributed by atoms with E-state index in [1.807, 2.05) is 0 Å². The summed E-state index contributed by atoms with van der Waals surface area (Å²) in [5.41, 5.74) is 0. The van der Waals surface area contributed by atoms with Crippen LogP contribution in [-0.2, 0) is 10.2 Å². The molecule has 0 bridgehead atoms. The van der Waals surface area contributed by atoms with Gasteiger partial charge in [0.1, 0.15) is 0 Å². The fraction of sp³-hybridized carbons (Fsp3) is 0.900. The molecule has 0 aromatic heterocycles. The molecule has 5 nitrogen and oxygen atoms in total. The van der Waals surface area contributed by atoms with E-state index in [0.717, 1.165) is 32.5 Å². The molecular formula is C10H22N3O2S-. The zero-order valence-corrected chi connectivity index (χ0v) is 11.0. The van der Waals surface area contributed by atoms with E-state index in [0.29, 0.717) is 13.1 Å². The first-order valence-corrected chi connectivity index (χ1v) is 7.07. The molecule has 0 spiro atoms. The van der Waals surface area contributed by atoms with E-state index in [4.69, 9.17) is 0 Å². The molecule has 1 fully saturated rings. The van der Waals surface area contributed by atoms with Gasteiger partial charge in [-0.05, 0) is 6.54 Å². The van der Waals surface area contributed by atoms with Gasteiger partial charge < -0.3 is 11.8 Å². The maximum absolute atomic E-state index is 11.8. The Balaban J connectivity index is 2.43. The van der Waals surface area contributed by atoms with E-state index in [9.17, 15) is 8.42 Å². The van der Waals surface area contributed by atoms with Crippen molar-refractivity contribution in [2.45, 2.75) is 12.8 Å². The summed E-state index contributed by atoms with van der Waals surface area (Å²) in [5.74, 6) is 0. The second-order valence-electron chi connectivity index (χ2n) is 4.24. The summed E-state index contributed by atoms with van der Waals surface area (Å²) in [6.45, 7) is 7.68. The van der Waals surface area contributed by atoms with Crippen LogP contribution in [-0.4, -0.2) is 68.7 Å². The SMILES string of the molecule is [CH2-]CCCN1CCN(S(=O)(=O)N(C)C)CC1. The normalized spacial score (nSPS) is 20.5. The van der Waals surface area contributed by atoms with Gasteiger partial charge in [-0.3, -0.25) is 0 Å². The summed E-state index contributed by atoms with van der Waals surface area (Å²) in [5, 5.41) is 0. The van der Waals surface area contributed by atoms with Crippen LogP contribution >= 0.6 is 0 Å². The maximum Gasteiger partial charge on any atom is 0.281 e. The second-order valence-corrected chi connectivity index (χ2v) is 6.38. The molecule has 96 valence electrons. The Morgan fingerprint density at radius 1 is 1.19 bits per heavy atom. The van der Waals surface area contributed by atoms with Gasteiger partial charge in [-0.15, -0.1) is 0 Å². The van der Waals surface area contributed by atoms with Gasteiger partial charge in [0.2, 0.25) is 0 Å². The molecule has 1 aliphatic heterocycles. The summed E-state index contributed by atoms with van der Waals surface area (Å²) in [4.78, 5) is 2.30. The van der Waals surface area contributed by atoms with Gasteiger partial charge >= 0.3 is 0 Å². The number of hydrogen-bond acceptors (Lipinski definition) is 3. The van der Waals surface area contributed by atoms with Gasteiger partial charge in [0, 0.05) is 40.3 Å². The van der Waals surface area contributed by atoms with Crippen LogP contribution in [0.5, 0.6) is 0 Å². The van der Waals surface area contributed by atoms with Gasteiger partial charge in [0.25, 0.3) is 10.2 Å². The van der Waals surface area contributed by atoms with E-state index in [1.165, 1.54) is 4.31 Å². The zero-order chi connectivity index (χ0) is 12.2. The Morgan fingerprint density at radius 2 is 1.75 bits per heavy atom. The smallest absolute Gasteiger partial charge is 0.281 e. The molecule has 0 radical (unpaired) electrons. The first-order valence-electron chi connectivity index (χ1n) is 5.67. The van der Waals surface area contributed by atoms with Crippen molar-refractivity contribution in [3.63, 3.8) is 0 Å². The fourth-order valence-electron chi connectivity index (χ4n) is 1.75. The first-order chi connectivity index (χ1) is 7.48. The minimum Gasteiger partial charge on any atom is -0.343 e. The van der Waals surface area contributed by atoms with Gasteiger partial charge in [0.05, 0.1) is 0 Å². The van der Waals surface area contributed by atoms with Crippen LogP contribution in [0.1, 0.15) is 12.8 Å². The summed E-state index contributed by atoms with van der Waals surface area (Å²) in [7, 11) is -0.0685. The molecule has 0 aromatic carbocycles. The third kappa shape index (κ3) is 3.41. The number of hydrogen-bond donors (Lipinski definition) is 0. The Bertz CT molecular complexity index is 295. The molecule has 0 atom stereocenters. The summed E-state index contributed by atoms with van der Waals surface area (Å²) in [6.07, 6.45) is 2.02. The van der Waals surface area contributed by atoms with E-state index >= 15 is 0 Å². The zero-order valence-electron chi connectivity index (χ0n) is 10.2. The first kappa shape index (κ1) is 13.9. The van der Waals surface area contributed by atoms with Crippen molar-refractivity contribution < 1.29 is 8.42 Å². The van der Waals surface area contributed by atoms with Crippen molar-refractivity contribution in [3.8, 4) is 0 Å². The molecule has 0 N–H and O–H groups in total. The summed E-state index contributed by atoms with van der Waals surface area (Å²) >= 11 is 0. The molecule has 0 unspecified atom stereocenters. The standard InChI is InChI=1S/C10H22N3O2S/c1-4-5-6-12-7-9-13(10-8-12)16(14,15)11(2)3/h1,4-10H2,2-3H3/q-1. The number of nitrogens with zero attached hydrogens (tertiary/aromatic N) is 3. The van der Waals surface area contributed by atoms with Crippen LogP contribution in [0.25, 0.3) is 0 Å². The van der Waals surface area contributed by atoms with Crippen molar-refractivity contribution in [2.75, 3.05) is 46.8 Å². The Morgan fingerprint density at radius 3 is 2.19 bits per heavy atom. The fourth-order valence-corrected chi connectivity index (χ4v) is 2.84. The largest absolute Gasteiger partial charge is 0.343 e. The minimum absolute atomic E-state index is 0.595. The van der Waals surface area contributed by atoms with Gasteiger partial charge in [-0.2, -0.15) is 23.4 Å². The molecule has 1 heterocycles. The van der Waals surface area contributed by atoms with Crippen LogP contribution in [0.15, 0.2) is 0 Å². The Kier molecular flexibility index (Phi) is 5.17. The second kappa shape index (κ2) is 5.95. The lowest BCUT2D eigenvalue weighted by molar-refractivity contribution is 0.182. The Hall–Kier alpha value is -0.170. The average Bonchev–Trinajstić information content (AvgIpc) is 2.26. The monoisotopic (exact) mass is 248 g/mol. The van der Waals surface area contributed by atoms with Crippen LogP contribution in [0.2, 0.25) is 0 Å². The number of unbranched alkanes of at least 4 members (excludes halogenated alkanes) is 1. The van der Waals surface area contributed by atoms with Gasteiger partial charge in [-0.1, -0.05) is 6.42 Å². The van der Waals surface area contributed by atoms with Crippen molar-refractivity contribution in [1.82, 2.24) is 13.5 Å². The van der Waals surface area contributed by atoms with E-state index in [1.54, 1.807) is 18.4 Å². The highest BCUT2D eigenvalue weighted by Crippen LogP contribution is 2.09. The van der Waals surface area contributed by atoms with E-state index < -0.39 is 10.2 Å². The predicted molar refractivity (Wildman–Crippen MR) is 65.2 cm³/mol. The van der Waals surface area contributed by atoms with Crippen LogP contribution < -0.4 is 0 Å². The number of piperazine rings is 1. The summed E-state index contributed by atoms with van der Waals surface area (Å²) in [6, 6.07) is 0. The minimum atomic E-state index is -3.22. The highest BCUT2D eigenvalue weighted by Gasteiger charge is 2.27. The average molecular weight is 248 g/mol. The number of rotatable bonds is 5. The lowest BCUT2D eigenvalue weighted by Gasteiger charge is -2.35. The molecule has 16 heavy (non-hydrogen) atoms. The lowest BCUT2D eigenvalue weighted by atomic mass is 10.3. The highest BCUT2D eigenvalue weighted by atomic mass is 32.2. The molecule has 0 aromatic rings. The van der Waals surface area contributed by atoms with Crippen molar-refractivity contribution >= 4 is 10.2 Å². The molecule has 1 saturated heterocycles.